The van der Waals surface area contributed by atoms with Crippen molar-refractivity contribution in [2.24, 2.45) is 23.7 Å². The van der Waals surface area contributed by atoms with Gasteiger partial charge in [-0.1, -0.05) is 0 Å². The zero-order valence-corrected chi connectivity index (χ0v) is 10.5. The van der Waals surface area contributed by atoms with Gasteiger partial charge in [0.05, 0.1) is 0 Å². The second-order valence-corrected chi connectivity index (χ2v) is 7.69. The lowest BCUT2D eigenvalue weighted by Gasteiger charge is -2.13. The van der Waals surface area contributed by atoms with Gasteiger partial charge in [-0.3, -0.25) is 4.79 Å². The van der Waals surface area contributed by atoms with Crippen molar-refractivity contribution in [1.29, 1.82) is 0 Å². The molecule has 3 aliphatic carbocycles. The molecule has 5 unspecified atom stereocenters. The van der Waals surface area contributed by atoms with Gasteiger partial charge in [0.15, 0.2) is 5.25 Å². The molecule has 0 spiro atoms. The maximum atomic E-state index is 11.8. The highest BCUT2D eigenvalue weighted by Crippen LogP contribution is 2.65. The molecule has 0 aromatic heterocycles. The van der Waals surface area contributed by atoms with E-state index in [0.29, 0.717) is 23.7 Å². The molecule has 0 aromatic rings. The minimum Gasteiger partial charge on any atom is -0.480 e. The Morgan fingerprint density at radius 2 is 1.82 bits per heavy atom. The summed E-state index contributed by atoms with van der Waals surface area (Å²) >= 11 is 0. The molecule has 2 bridgehead atoms. The molecular weight excluding hydrogens is 242 g/mol. The molecule has 0 aliphatic heterocycles. The van der Waals surface area contributed by atoms with E-state index in [1.807, 2.05) is 0 Å². The zero-order chi connectivity index (χ0) is 12.4. The Labute approximate surface area is 101 Å². The van der Waals surface area contributed by atoms with Crippen molar-refractivity contribution in [2.45, 2.75) is 37.5 Å². The highest BCUT2D eigenvalue weighted by Gasteiger charge is 2.66. The van der Waals surface area contributed by atoms with Gasteiger partial charge < -0.3 is 5.11 Å². The van der Waals surface area contributed by atoms with Gasteiger partial charge in [-0.15, -0.1) is 0 Å². The number of aliphatic carboxylic acids is 1. The maximum absolute atomic E-state index is 11.8. The molecule has 0 amide bonds. The lowest BCUT2D eigenvalue weighted by atomic mass is 10.0. The second-order valence-electron chi connectivity index (χ2n) is 5.66. The summed E-state index contributed by atoms with van der Waals surface area (Å²) in [4.78, 5) is 10.7. The molecule has 3 aliphatic rings. The van der Waals surface area contributed by atoms with Crippen LogP contribution in [0.1, 0.15) is 26.2 Å². The fourth-order valence-electron chi connectivity index (χ4n) is 3.91. The Bertz CT molecular complexity index is 444. The van der Waals surface area contributed by atoms with Crippen LogP contribution in [0.15, 0.2) is 0 Å². The van der Waals surface area contributed by atoms with Crippen molar-refractivity contribution >= 4 is 16.0 Å². The van der Waals surface area contributed by atoms with Crippen LogP contribution in [0.2, 0.25) is 0 Å². The molecule has 0 heterocycles. The second kappa shape index (κ2) is 3.45. The van der Waals surface area contributed by atoms with Crippen molar-refractivity contribution in [1.82, 2.24) is 4.72 Å². The van der Waals surface area contributed by atoms with Crippen molar-refractivity contribution in [2.75, 3.05) is 0 Å². The molecule has 0 radical (unpaired) electrons. The number of rotatable bonds is 4. The summed E-state index contributed by atoms with van der Waals surface area (Å²) in [6.45, 7) is 1.22. The number of hydrogen-bond acceptors (Lipinski definition) is 3. The van der Waals surface area contributed by atoms with Gasteiger partial charge in [-0.2, -0.15) is 0 Å². The predicted octanol–water partition coefficient (Wildman–Crippen LogP) is 0.423. The fraction of sp³-hybridized carbons (Fsp3) is 0.909. The SMILES string of the molecule is CC(C(=O)O)S(=O)(=O)NC1C2C3CCC(C3)C12. The smallest absolute Gasteiger partial charge is 0.323 e. The van der Waals surface area contributed by atoms with E-state index in [1.165, 1.54) is 26.2 Å². The van der Waals surface area contributed by atoms with Crippen LogP contribution in [0.4, 0.5) is 0 Å². The molecule has 96 valence electrons. The molecule has 2 N–H and O–H groups in total. The first-order valence-electron chi connectivity index (χ1n) is 6.16. The summed E-state index contributed by atoms with van der Waals surface area (Å²) in [5.74, 6) is 1.05. The van der Waals surface area contributed by atoms with E-state index in [9.17, 15) is 13.2 Å². The maximum Gasteiger partial charge on any atom is 0.323 e. The lowest BCUT2D eigenvalue weighted by Crippen LogP contribution is -2.40. The minimum absolute atomic E-state index is 0.0213. The van der Waals surface area contributed by atoms with E-state index >= 15 is 0 Å². The van der Waals surface area contributed by atoms with Crippen LogP contribution >= 0.6 is 0 Å². The molecule has 3 saturated carbocycles. The number of carboxylic acids is 1. The minimum atomic E-state index is -3.71. The number of hydrogen-bond donors (Lipinski definition) is 2. The Kier molecular flexibility index (Phi) is 2.32. The first-order chi connectivity index (χ1) is 7.92. The van der Waals surface area contributed by atoms with E-state index < -0.39 is 21.2 Å². The van der Waals surface area contributed by atoms with Gasteiger partial charge in [0.1, 0.15) is 0 Å². The highest BCUT2D eigenvalue weighted by atomic mass is 32.2. The first kappa shape index (κ1) is 11.5. The lowest BCUT2D eigenvalue weighted by molar-refractivity contribution is -0.136. The summed E-state index contributed by atoms with van der Waals surface area (Å²) in [7, 11) is -3.71. The van der Waals surface area contributed by atoms with Gasteiger partial charge in [-0.25, -0.2) is 13.1 Å². The standard InChI is InChI=1S/C11H17NO4S/c1-5(11(13)14)17(15,16)12-10-8-6-2-3-7(4-6)9(8)10/h5-10,12H,2-4H2,1H3,(H,13,14). The Balaban J connectivity index is 1.68. The third-order valence-corrected chi connectivity index (χ3v) is 6.58. The van der Waals surface area contributed by atoms with Gasteiger partial charge in [-0.05, 0) is 49.9 Å². The number of nitrogens with one attached hydrogen (secondary N) is 1. The zero-order valence-electron chi connectivity index (χ0n) is 9.67. The molecule has 5 atom stereocenters. The number of fused-ring (bicyclic) bond motifs is 5. The molecule has 17 heavy (non-hydrogen) atoms. The molecular formula is C11H17NO4S. The van der Waals surface area contributed by atoms with Gasteiger partial charge >= 0.3 is 5.97 Å². The van der Waals surface area contributed by atoms with Gasteiger partial charge in [0.25, 0.3) is 0 Å². The van der Waals surface area contributed by atoms with Gasteiger partial charge in [0.2, 0.25) is 10.0 Å². The third kappa shape index (κ3) is 1.61. The van der Waals surface area contributed by atoms with Crippen LogP contribution in [0.3, 0.4) is 0 Å². The largest absolute Gasteiger partial charge is 0.480 e. The summed E-state index contributed by atoms with van der Waals surface area (Å²) in [6, 6.07) is 0.0213. The molecule has 3 rings (SSSR count). The van der Waals surface area contributed by atoms with Gasteiger partial charge in [0, 0.05) is 6.04 Å². The Morgan fingerprint density at radius 1 is 1.29 bits per heavy atom. The van der Waals surface area contributed by atoms with E-state index in [0.717, 1.165) is 0 Å². The van der Waals surface area contributed by atoms with Crippen LogP contribution in [-0.4, -0.2) is 30.8 Å². The van der Waals surface area contributed by atoms with Crippen LogP contribution in [0, 0.1) is 23.7 Å². The monoisotopic (exact) mass is 259 g/mol. The molecule has 5 nitrogen and oxygen atoms in total. The van der Waals surface area contributed by atoms with E-state index in [-0.39, 0.29) is 6.04 Å². The highest BCUT2D eigenvalue weighted by molar-refractivity contribution is 7.90. The van der Waals surface area contributed by atoms with E-state index in [4.69, 9.17) is 5.11 Å². The van der Waals surface area contributed by atoms with Crippen molar-refractivity contribution in [3.05, 3.63) is 0 Å². The quantitative estimate of drug-likeness (QED) is 0.766. The summed E-state index contributed by atoms with van der Waals surface area (Å²) in [5.41, 5.74) is 0. The van der Waals surface area contributed by atoms with E-state index in [2.05, 4.69) is 4.72 Å². The Morgan fingerprint density at radius 3 is 2.29 bits per heavy atom. The average molecular weight is 259 g/mol. The molecule has 3 fully saturated rings. The predicted molar refractivity (Wildman–Crippen MR) is 60.8 cm³/mol. The molecule has 0 saturated heterocycles. The topological polar surface area (TPSA) is 83.5 Å². The summed E-state index contributed by atoms with van der Waals surface area (Å²) in [6.07, 6.45) is 3.69. The van der Waals surface area contributed by atoms with Crippen LogP contribution in [0.5, 0.6) is 0 Å². The number of sulfonamides is 1. The fourth-order valence-corrected chi connectivity index (χ4v) is 5.07. The summed E-state index contributed by atoms with van der Waals surface area (Å²) in [5, 5.41) is 7.39. The van der Waals surface area contributed by atoms with Crippen LogP contribution in [0.25, 0.3) is 0 Å². The Hall–Kier alpha value is -0.620. The van der Waals surface area contributed by atoms with Crippen molar-refractivity contribution in [3.8, 4) is 0 Å². The summed E-state index contributed by atoms with van der Waals surface area (Å²) < 4.78 is 26.2. The van der Waals surface area contributed by atoms with E-state index in [1.54, 1.807) is 0 Å². The normalized spacial score (nSPS) is 44.4. The average Bonchev–Trinajstić information content (AvgIpc) is 2.68. The molecule has 0 aromatic carbocycles. The first-order valence-corrected chi connectivity index (χ1v) is 7.70. The number of carbonyl (C=O) groups is 1. The number of carboxylic acid groups (broad SMARTS) is 1. The van der Waals surface area contributed by atoms with Crippen molar-refractivity contribution < 1.29 is 18.3 Å². The van der Waals surface area contributed by atoms with Crippen LogP contribution < -0.4 is 4.72 Å². The third-order valence-electron chi connectivity index (χ3n) is 4.85. The van der Waals surface area contributed by atoms with Crippen molar-refractivity contribution in [3.63, 3.8) is 0 Å². The molecule has 6 heteroatoms. The van der Waals surface area contributed by atoms with Crippen LogP contribution in [-0.2, 0) is 14.8 Å².